The van der Waals surface area contributed by atoms with Crippen LogP contribution in [0.5, 0.6) is 0 Å². The van der Waals surface area contributed by atoms with Crippen LogP contribution in [0, 0.1) is 6.92 Å². The second kappa shape index (κ2) is 5.43. The third-order valence-electron chi connectivity index (χ3n) is 3.65. The fraction of sp³-hybridized carbons (Fsp3) is 0.467. The number of hydrogen-bond acceptors (Lipinski definition) is 2. The SMILES string of the molecule is CC(=O)N1CCCC(CC(=O)O)c2cc(C)ccc21. The molecular formula is C15H19NO3. The molecule has 0 bridgehead atoms. The molecule has 1 amide bonds. The Hall–Kier alpha value is -1.84. The van der Waals surface area contributed by atoms with Gasteiger partial charge in [0.05, 0.1) is 6.42 Å². The number of benzene rings is 1. The summed E-state index contributed by atoms with van der Waals surface area (Å²) in [6, 6.07) is 5.92. The highest BCUT2D eigenvalue weighted by Crippen LogP contribution is 2.37. The van der Waals surface area contributed by atoms with Gasteiger partial charge in [0.2, 0.25) is 5.91 Å². The van der Waals surface area contributed by atoms with E-state index in [2.05, 4.69) is 0 Å². The number of carbonyl (C=O) groups excluding carboxylic acids is 1. The lowest BCUT2D eigenvalue weighted by Gasteiger charge is -2.23. The van der Waals surface area contributed by atoms with Gasteiger partial charge in [-0.2, -0.15) is 0 Å². The van der Waals surface area contributed by atoms with Gasteiger partial charge in [-0.15, -0.1) is 0 Å². The summed E-state index contributed by atoms with van der Waals surface area (Å²) < 4.78 is 0. The molecule has 1 aliphatic heterocycles. The van der Waals surface area contributed by atoms with Gasteiger partial charge >= 0.3 is 5.97 Å². The van der Waals surface area contributed by atoms with Gasteiger partial charge in [-0.1, -0.05) is 17.7 Å². The first-order valence-corrected chi connectivity index (χ1v) is 6.59. The van der Waals surface area contributed by atoms with Crippen LogP contribution in [0.4, 0.5) is 5.69 Å². The second-order valence-corrected chi connectivity index (χ2v) is 5.17. The predicted molar refractivity (Wildman–Crippen MR) is 73.4 cm³/mol. The first kappa shape index (κ1) is 13.6. The summed E-state index contributed by atoms with van der Waals surface area (Å²) in [5, 5.41) is 9.05. The minimum absolute atomic E-state index is 0.00301. The summed E-state index contributed by atoms with van der Waals surface area (Å²) in [5.74, 6) is -0.772. The molecule has 1 aromatic carbocycles. The number of fused-ring (bicyclic) bond motifs is 1. The van der Waals surface area contributed by atoms with Crippen LogP contribution in [0.25, 0.3) is 0 Å². The second-order valence-electron chi connectivity index (χ2n) is 5.17. The lowest BCUT2D eigenvalue weighted by Crippen LogP contribution is -2.29. The molecule has 1 unspecified atom stereocenters. The zero-order valence-corrected chi connectivity index (χ0v) is 11.3. The number of carbonyl (C=O) groups is 2. The van der Waals surface area contributed by atoms with Crippen LogP contribution in [-0.4, -0.2) is 23.5 Å². The van der Waals surface area contributed by atoms with E-state index in [4.69, 9.17) is 5.11 Å². The summed E-state index contributed by atoms with van der Waals surface area (Å²) in [6.45, 7) is 4.21. The fourth-order valence-electron chi connectivity index (χ4n) is 2.77. The number of aliphatic carboxylic acids is 1. The van der Waals surface area contributed by atoms with Gasteiger partial charge in [0.25, 0.3) is 0 Å². The lowest BCUT2D eigenvalue weighted by molar-refractivity contribution is -0.137. The Morgan fingerprint density at radius 1 is 1.42 bits per heavy atom. The van der Waals surface area contributed by atoms with Crippen molar-refractivity contribution in [2.45, 2.75) is 39.0 Å². The number of aryl methyl sites for hydroxylation is 1. The van der Waals surface area contributed by atoms with E-state index in [9.17, 15) is 9.59 Å². The maximum absolute atomic E-state index is 11.7. The smallest absolute Gasteiger partial charge is 0.303 e. The molecule has 1 atom stereocenters. The largest absolute Gasteiger partial charge is 0.481 e. The molecule has 1 aliphatic rings. The van der Waals surface area contributed by atoms with Crippen molar-refractivity contribution in [3.63, 3.8) is 0 Å². The van der Waals surface area contributed by atoms with Gasteiger partial charge in [-0.05, 0) is 37.3 Å². The molecule has 0 spiro atoms. The molecule has 1 N–H and O–H groups in total. The van der Waals surface area contributed by atoms with Gasteiger partial charge in [0, 0.05) is 19.2 Å². The zero-order chi connectivity index (χ0) is 14.0. The summed E-state index contributed by atoms with van der Waals surface area (Å²) >= 11 is 0. The molecule has 1 heterocycles. The molecule has 2 rings (SSSR count). The summed E-state index contributed by atoms with van der Waals surface area (Å²) in [6.07, 6.45) is 1.78. The third kappa shape index (κ3) is 2.95. The van der Waals surface area contributed by atoms with Crippen molar-refractivity contribution in [3.8, 4) is 0 Å². The number of amides is 1. The molecule has 19 heavy (non-hydrogen) atoms. The molecule has 0 aromatic heterocycles. The average molecular weight is 261 g/mol. The molecule has 1 aromatic rings. The van der Waals surface area contributed by atoms with Crippen LogP contribution in [0.2, 0.25) is 0 Å². The van der Waals surface area contributed by atoms with E-state index in [1.807, 2.05) is 25.1 Å². The monoisotopic (exact) mass is 261 g/mol. The van der Waals surface area contributed by atoms with Crippen molar-refractivity contribution >= 4 is 17.6 Å². The highest BCUT2D eigenvalue weighted by Gasteiger charge is 2.26. The van der Waals surface area contributed by atoms with Crippen molar-refractivity contribution in [3.05, 3.63) is 29.3 Å². The highest BCUT2D eigenvalue weighted by molar-refractivity contribution is 5.92. The molecule has 4 heteroatoms. The Labute approximate surface area is 113 Å². The molecule has 0 saturated heterocycles. The fourth-order valence-corrected chi connectivity index (χ4v) is 2.77. The van der Waals surface area contributed by atoms with Crippen molar-refractivity contribution < 1.29 is 14.7 Å². The zero-order valence-electron chi connectivity index (χ0n) is 11.3. The molecule has 0 aliphatic carbocycles. The van der Waals surface area contributed by atoms with Crippen LogP contribution >= 0.6 is 0 Å². The molecule has 0 saturated carbocycles. The van der Waals surface area contributed by atoms with Crippen LogP contribution in [0.3, 0.4) is 0 Å². The van der Waals surface area contributed by atoms with Gasteiger partial charge in [0.1, 0.15) is 0 Å². The summed E-state index contributed by atoms with van der Waals surface area (Å²) in [7, 11) is 0. The van der Waals surface area contributed by atoms with Crippen molar-refractivity contribution in [1.29, 1.82) is 0 Å². The Kier molecular flexibility index (Phi) is 3.88. The first-order valence-electron chi connectivity index (χ1n) is 6.59. The molecule has 0 radical (unpaired) electrons. The van der Waals surface area contributed by atoms with Crippen LogP contribution in [0.15, 0.2) is 18.2 Å². The van der Waals surface area contributed by atoms with E-state index in [-0.39, 0.29) is 18.2 Å². The van der Waals surface area contributed by atoms with Crippen molar-refractivity contribution in [2.24, 2.45) is 0 Å². The van der Waals surface area contributed by atoms with E-state index in [0.29, 0.717) is 6.54 Å². The third-order valence-corrected chi connectivity index (χ3v) is 3.65. The topological polar surface area (TPSA) is 57.6 Å². The van der Waals surface area contributed by atoms with Crippen molar-refractivity contribution in [1.82, 2.24) is 0 Å². The number of anilines is 1. The normalized spacial score (nSPS) is 18.6. The molecule has 102 valence electrons. The van der Waals surface area contributed by atoms with Gasteiger partial charge in [-0.3, -0.25) is 9.59 Å². The van der Waals surface area contributed by atoms with E-state index in [1.165, 1.54) is 0 Å². The number of carboxylic acids is 1. The Bertz CT molecular complexity index is 510. The predicted octanol–water partition coefficient (Wildman–Crippen LogP) is 2.70. The van der Waals surface area contributed by atoms with Gasteiger partial charge < -0.3 is 10.0 Å². The minimum Gasteiger partial charge on any atom is -0.481 e. The van der Waals surface area contributed by atoms with Crippen LogP contribution < -0.4 is 4.90 Å². The summed E-state index contributed by atoms with van der Waals surface area (Å²) in [4.78, 5) is 24.5. The summed E-state index contributed by atoms with van der Waals surface area (Å²) in [5.41, 5.74) is 2.97. The first-order chi connectivity index (χ1) is 8.99. The number of rotatable bonds is 2. The van der Waals surface area contributed by atoms with E-state index in [1.54, 1.807) is 11.8 Å². The van der Waals surface area contributed by atoms with Crippen molar-refractivity contribution in [2.75, 3.05) is 11.4 Å². The number of carboxylic acid groups (broad SMARTS) is 1. The average Bonchev–Trinajstić information content (AvgIpc) is 2.48. The van der Waals surface area contributed by atoms with E-state index in [0.717, 1.165) is 29.7 Å². The maximum Gasteiger partial charge on any atom is 0.303 e. The Balaban J connectivity index is 2.47. The van der Waals surface area contributed by atoms with Gasteiger partial charge in [0.15, 0.2) is 0 Å². The van der Waals surface area contributed by atoms with Crippen LogP contribution in [-0.2, 0) is 9.59 Å². The molecule has 4 nitrogen and oxygen atoms in total. The quantitative estimate of drug-likeness (QED) is 0.890. The Morgan fingerprint density at radius 3 is 2.79 bits per heavy atom. The lowest BCUT2D eigenvalue weighted by atomic mass is 9.90. The van der Waals surface area contributed by atoms with E-state index >= 15 is 0 Å². The number of hydrogen-bond donors (Lipinski definition) is 1. The molecular weight excluding hydrogens is 242 g/mol. The molecule has 0 fully saturated rings. The highest BCUT2D eigenvalue weighted by atomic mass is 16.4. The number of nitrogens with zero attached hydrogens (tertiary/aromatic N) is 1. The van der Waals surface area contributed by atoms with Gasteiger partial charge in [-0.25, -0.2) is 0 Å². The standard InChI is InChI=1S/C15H19NO3/c1-10-5-6-14-13(8-10)12(9-15(18)19)4-3-7-16(14)11(2)17/h5-6,8,12H,3-4,7,9H2,1-2H3,(H,18,19). The Morgan fingerprint density at radius 2 is 2.16 bits per heavy atom. The minimum atomic E-state index is -0.784. The maximum atomic E-state index is 11.7. The van der Waals surface area contributed by atoms with Crippen LogP contribution in [0.1, 0.15) is 43.2 Å². The van der Waals surface area contributed by atoms with E-state index < -0.39 is 5.97 Å².